The van der Waals surface area contributed by atoms with E-state index in [2.05, 4.69) is 20.0 Å². The number of aliphatic hydroxyl groups excluding tert-OH is 1. The molecule has 0 saturated heterocycles. The third kappa shape index (κ3) is 1.03. The Kier molecular flexibility index (Phi) is 1.83. The zero-order valence-corrected chi connectivity index (χ0v) is 7.08. The zero-order valence-electron chi connectivity index (χ0n) is 7.08. The van der Waals surface area contributed by atoms with Crippen molar-refractivity contribution in [2.45, 2.75) is 5.66 Å². The van der Waals surface area contributed by atoms with Gasteiger partial charge >= 0.3 is 0 Å². The van der Waals surface area contributed by atoms with Crippen molar-refractivity contribution in [3.05, 3.63) is 0 Å². The molecule has 0 spiro atoms. The van der Waals surface area contributed by atoms with Crippen LogP contribution >= 0.6 is 0 Å². The molecule has 1 atom stereocenters. The summed E-state index contributed by atoms with van der Waals surface area (Å²) >= 11 is 0. The number of fused-ring (bicyclic) bond motifs is 1. The van der Waals surface area contributed by atoms with Gasteiger partial charge in [-0.05, 0) is 0 Å². The maximum absolute atomic E-state index is 11.4. The fourth-order valence-electron chi connectivity index (χ4n) is 1.18. The normalized spacial score (nSPS) is 28.4. The van der Waals surface area contributed by atoms with Crippen molar-refractivity contribution in [3.8, 4) is 0 Å². The lowest BCUT2D eigenvalue weighted by molar-refractivity contribution is -0.124. The summed E-state index contributed by atoms with van der Waals surface area (Å²) in [7, 11) is 0. The molecule has 2 heterocycles. The van der Waals surface area contributed by atoms with Gasteiger partial charge in [0.15, 0.2) is 5.84 Å². The Morgan fingerprint density at radius 3 is 3.00 bits per heavy atom. The van der Waals surface area contributed by atoms with Crippen molar-refractivity contribution < 1.29 is 9.90 Å². The average Bonchev–Trinajstić information content (AvgIpc) is 2.66. The monoisotopic (exact) mass is 193 g/mol. The van der Waals surface area contributed by atoms with E-state index in [1.54, 1.807) is 0 Å². The van der Waals surface area contributed by atoms with Gasteiger partial charge in [0, 0.05) is 0 Å². The van der Waals surface area contributed by atoms with Gasteiger partial charge in [0.25, 0.3) is 0 Å². The van der Waals surface area contributed by atoms with Crippen LogP contribution in [0.3, 0.4) is 0 Å². The van der Waals surface area contributed by atoms with Gasteiger partial charge in [-0.25, -0.2) is 20.0 Å². The fraction of sp³-hybridized carbons (Fsp3) is 0.286. The molecule has 1 unspecified atom stereocenters. The Hall–Kier alpha value is -1.73. The number of rotatable bonds is 2. The van der Waals surface area contributed by atoms with Crippen LogP contribution in [0.4, 0.5) is 0 Å². The van der Waals surface area contributed by atoms with Gasteiger partial charge in [-0.15, -0.1) is 0 Å². The maximum Gasteiger partial charge on any atom is 0.217 e. The minimum absolute atomic E-state index is 0.180. The number of carbonyl (C=O) groups is 1. The molecule has 72 valence electrons. The standard InChI is InChI=1S/C7H7N5O2/c8-7(4(14)1-13)5-6(10-2-9-5)11-3-12-7/h2-3,13H,1,8H2. The first kappa shape index (κ1) is 8.85. The molecular formula is C7H7N5O2. The van der Waals surface area contributed by atoms with E-state index in [1.165, 1.54) is 6.34 Å². The van der Waals surface area contributed by atoms with E-state index in [-0.39, 0.29) is 11.5 Å². The molecule has 7 nitrogen and oxygen atoms in total. The van der Waals surface area contributed by atoms with Gasteiger partial charge in [0.1, 0.15) is 25.0 Å². The summed E-state index contributed by atoms with van der Waals surface area (Å²) in [4.78, 5) is 26.4. The topological polar surface area (TPSA) is 113 Å². The molecule has 0 aliphatic carbocycles. The first-order valence-corrected chi connectivity index (χ1v) is 3.84. The molecule has 0 aromatic carbocycles. The van der Waals surface area contributed by atoms with Gasteiger partial charge in [0.05, 0.1) is 0 Å². The lowest BCUT2D eigenvalue weighted by Gasteiger charge is -2.23. The summed E-state index contributed by atoms with van der Waals surface area (Å²) in [5, 5.41) is 8.73. The van der Waals surface area contributed by atoms with Crippen LogP contribution in [0.5, 0.6) is 0 Å². The van der Waals surface area contributed by atoms with Crippen molar-refractivity contribution in [2.75, 3.05) is 6.61 Å². The third-order valence-electron chi connectivity index (χ3n) is 1.95. The van der Waals surface area contributed by atoms with E-state index in [0.717, 1.165) is 6.34 Å². The van der Waals surface area contributed by atoms with Gasteiger partial charge in [-0.3, -0.25) is 10.5 Å². The molecule has 2 rings (SSSR count). The molecule has 0 fully saturated rings. The molecule has 0 radical (unpaired) electrons. The van der Waals surface area contributed by atoms with Crippen LogP contribution in [0.2, 0.25) is 0 Å². The Balaban J connectivity index is 2.44. The maximum atomic E-state index is 11.4. The van der Waals surface area contributed by atoms with Gasteiger partial charge in [-0.2, -0.15) is 0 Å². The van der Waals surface area contributed by atoms with Gasteiger partial charge < -0.3 is 5.11 Å². The molecule has 0 amide bonds. The third-order valence-corrected chi connectivity index (χ3v) is 1.95. The average molecular weight is 193 g/mol. The van der Waals surface area contributed by atoms with E-state index < -0.39 is 18.1 Å². The Morgan fingerprint density at radius 2 is 2.29 bits per heavy atom. The second-order valence-electron chi connectivity index (χ2n) is 2.77. The van der Waals surface area contributed by atoms with E-state index >= 15 is 0 Å². The number of Topliss-reactive ketones (excluding diaryl/α,β-unsaturated/α-hetero) is 1. The first-order chi connectivity index (χ1) is 6.68. The minimum Gasteiger partial charge on any atom is -0.388 e. The summed E-state index contributed by atoms with van der Waals surface area (Å²) in [6.45, 7) is -0.694. The summed E-state index contributed by atoms with van der Waals surface area (Å²) in [6, 6.07) is 0. The van der Waals surface area contributed by atoms with Gasteiger partial charge in [0.2, 0.25) is 11.4 Å². The highest BCUT2D eigenvalue weighted by atomic mass is 16.3. The smallest absolute Gasteiger partial charge is 0.217 e. The molecule has 0 aromatic heterocycles. The number of nitrogens with two attached hydrogens (primary N) is 1. The number of aliphatic imine (C=N–C) groups is 4. The molecule has 3 N–H and O–H groups in total. The Bertz CT molecular complexity index is 408. The highest BCUT2D eigenvalue weighted by Crippen LogP contribution is 2.15. The number of aliphatic hydroxyl groups is 1. The van der Waals surface area contributed by atoms with Gasteiger partial charge in [-0.1, -0.05) is 0 Å². The van der Waals surface area contributed by atoms with E-state index in [0.29, 0.717) is 0 Å². The summed E-state index contributed by atoms with van der Waals surface area (Å²) in [6.07, 6.45) is 2.39. The second kappa shape index (κ2) is 2.89. The predicted octanol–water partition coefficient (Wildman–Crippen LogP) is -1.87. The van der Waals surface area contributed by atoms with E-state index in [1.807, 2.05) is 0 Å². The second-order valence-corrected chi connectivity index (χ2v) is 2.77. The number of ketones is 1. The predicted molar refractivity (Wildman–Crippen MR) is 50.9 cm³/mol. The summed E-state index contributed by atoms with van der Waals surface area (Å²) in [5.74, 6) is -0.366. The number of hydrogen-bond acceptors (Lipinski definition) is 7. The van der Waals surface area contributed by atoms with Crippen LogP contribution in [-0.4, -0.2) is 47.4 Å². The van der Waals surface area contributed by atoms with Crippen LogP contribution < -0.4 is 5.73 Å². The number of nitrogens with zero attached hydrogens (tertiary/aromatic N) is 4. The van der Waals surface area contributed by atoms with Crippen molar-refractivity contribution in [3.63, 3.8) is 0 Å². The number of amidine groups is 1. The van der Waals surface area contributed by atoms with E-state index in [9.17, 15) is 4.79 Å². The highest BCUT2D eigenvalue weighted by Gasteiger charge is 2.43. The van der Waals surface area contributed by atoms with Crippen molar-refractivity contribution >= 4 is 30.0 Å². The van der Waals surface area contributed by atoms with Crippen LogP contribution in [0.25, 0.3) is 0 Å². The lowest BCUT2D eigenvalue weighted by atomic mass is 9.99. The molecular weight excluding hydrogens is 186 g/mol. The molecule has 0 aromatic rings. The van der Waals surface area contributed by atoms with Crippen molar-refractivity contribution in [2.24, 2.45) is 25.7 Å². The zero-order chi connectivity index (χ0) is 10.2. The van der Waals surface area contributed by atoms with Crippen molar-refractivity contribution in [1.82, 2.24) is 0 Å². The SMILES string of the molecule is NC1(C(=O)CO)N=CN=C2N=CN=C21. The Morgan fingerprint density at radius 1 is 1.50 bits per heavy atom. The molecule has 2 aliphatic rings. The molecule has 7 heteroatoms. The summed E-state index contributed by atoms with van der Waals surface area (Å²) < 4.78 is 0. The van der Waals surface area contributed by atoms with Crippen molar-refractivity contribution in [1.29, 1.82) is 0 Å². The first-order valence-electron chi connectivity index (χ1n) is 3.84. The minimum atomic E-state index is -1.64. The highest BCUT2D eigenvalue weighted by molar-refractivity contribution is 6.54. The molecule has 14 heavy (non-hydrogen) atoms. The number of carbonyl (C=O) groups excluding carboxylic acids is 1. The summed E-state index contributed by atoms with van der Waals surface area (Å²) in [5.41, 5.74) is 4.24. The number of hydrogen-bond donors (Lipinski definition) is 2. The largest absolute Gasteiger partial charge is 0.388 e. The van der Waals surface area contributed by atoms with E-state index in [4.69, 9.17) is 10.8 Å². The van der Waals surface area contributed by atoms with Crippen LogP contribution in [0.15, 0.2) is 20.0 Å². The molecule has 2 aliphatic heterocycles. The molecule has 0 bridgehead atoms. The molecule has 0 saturated carbocycles. The van der Waals surface area contributed by atoms with Crippen LogP contribution in [-0.2, 0) is 4.79 Å². The quantitative estimate of drug-likeness (QED) is 0.535. The lowest BCUT2D eigenvalue weighted by Crippen LogP contribution is -2.57. The van der Waals surface area contributed by atoms with Crippen LogP contribution in [0.1, 0.15) is 0 Å². The van der Waals surface area contributed by atoms with Crippen LogP contribution in [0, 0.1) is 0 Å². The fourth-order valence-corrected chi connectivity index (χ4v) is 1.18. The Labute approximate surface area is 78.8 Å².